The molecule has 3 N–H and O–H groups in total. The van der Waals surface area contributed by atoms with E-state index in [1.165, 1.54) is 0 Å². The van der Waals surface area contributed by atoms with Gasteiger partial charge in [0.25, 0.3) is 0 Å². The van der Waals surface area contributed by atoms with E-state index < -0.39 is 23.5 Å². The van der Waals surface area contributed by atoms with Crippen molar-refractivity contribution in [3.05, 3.63) is 35.1 Å². The van der Waals surface area contributed by atoms with Crippen LogP contribution in [0.5, 0.6) is 0 Å². The van der Waals surface area contributed by atoms with E-state index in [1.54, 1.807) is 27.0 Å². The molecule has 8 heteroatoms. The molecule has 0 aromatic carbocycles. The normalized spacial score (nSPS) is 34.7. The monoisotopic (exact) mass is 544 g/mol. The van der Waals surface area contributed by atoms with Gasteiger partial charge in [0.1, 0.15) is 17.7 Å². The Hall–Kier alpha value is -2.29. The van der Waals surface area contributed by atoms with Crippen molar-refractivity contribution < 1.29 is 29.0 Å². The summed E-state index contributed by atoms with van der Waals surface area (Å²) in [6, 6.07) is -0.327. The second-order valence-corrected chi connectivity index (χ2v) is 12.7. The smallest absolute Gasteiger partial charge is 0.223 e. The molecule has 218 valence electrons. The maximum atomic E-state index is 13.8. The van der Waals surface area contributed by atoms with Crippen molar-refractivity contribution in [3.63, 3.8) is 0 Å². The molecule has 2 saturated heterocycles. The van der Waals surface area contributed by atoms with Gasteiger partial charge in [-0.1, -0.05) is 38.8 Å². The van der Waals surface area contributed by atoms with Crippen LogP contribution in [0.15, 0.2) is 27.9 Å². The number of epoxide rings is 1. The molecule has 2 unspecified atom stereocenters. The summed E-state index contributed by atoms with van der Waals surface area (Å²) in [4.78, 5) is 31.4. The quantitative estimate of drug-likeness (QED) is 0.363. The number of aryl methyl sites for hydroxylation is 1. The van der Waals surface area contributed by atoms with Crippen molar-refractivity contribution in [3.8, 4) is 0 Å². The average Bonchev–Trinajstić information content (AvgIpc) is 3.29. The Bertz CT molecular complexity index is 1080. The SMILES string of the molecule is CC(C)=CC[C@H]1C(=O)C(C)(C)[C@@H](O)CC(=O)N[C@H](C(C)=Cc2coc(C)n2)CC2OC2(C)CCC[C@H](C)[C@H]1O. The minimum atomic E-state index is -1.22. The summed E-state index contributed by atoms with van der Waals surface area (Å²) in [5, 5.41) is 25.5. The number of amides is 1. The van der Waals surface area contributed by atoms with Gasteiger partial charge in [0.15, 0.2) is 5.89 Å². The summed E-state index contributed by atoms with van der Waals surface area (Å²) in [5.74, 6) is -0.774. The van der Waals surface area contributed by atoms with Crippen LogP contribution in [-0.4, -0.2) is 56.8 Å². The Labute approximate surface area is 233 Å². The molecular weight excluding hydrogens is 496 g/mol. The molecule has 39 heavy (non-hydrogen) atoms. The number of carbonyl (C=O) groups excluding carboxylic acids is 2. The molecule has 7 atom stereocenters. The van der Waals surface area contributed by atoms with E-state index >= 15 is 0 Å². The Morgan fingerprint density at radius 3 is 2.51 bits per heavy atom. The molecule has 0 aliphatic carbocycles. The van der Waals surface area contributed by atoms with Crippen molar-refractivity contribution in [2.75, 3.05) is 0 Å². The number of hydrogen-bond donors (Lipinski definition) is 3. The fourth-order valence-electron chi connectivity index (χ4n) is 5.59. The minimum absolute atomic E-state index is 0.0216. The standard InChI is InChI=1S/C31H48N2O6/c1-18(2)11-12-23-28(36)19(3)10-9-13-31(8)26(39-31)15-24(20(4)14-22-17-38-21(5)32-22)33-27(35)16-25(34)30(6,7)29(23)37/h11,14,17,19,23-26,28,34,36H,9-10,12-13,15-16H2,1-8H3,(H,33,35)/t19-,23+,24-,25-,26?,28+,31?/m0/s1. The summed E-state index contributed by atoms with van der Waals surface area (Å²) in [6.07, 6.45) is 6.55. The second kappa shape index (κ2) is 12.5. The molecule has 3 heterocycles. The Kier molecular flexibility index (Phi) is 10.00. The summed E-state index contributed by atoms with van der Waals surface area (Å²) < 4.78 is 11.5. The zero-order valence-corrected chi connectivity index (χ0v) is 24.9. The van der Waals surface area contributed by atoms with Gasteiger partial charge in [-0.25, -0.2) is 4.98 Å². The molecule has 0 saturated carbocycles. The van der Waals surface area contributed by atoms with E-state index in [0.29, 0.717) is 24.4 Å². The number of nitrogens with one attached hydrogen (secondary N) is 1. The van der Waals surface area contributed by atoms with Crippen molar-refractivity contribution in [1.82, 2.24) is 10.3 Å². The molecule has 2 aliphatic rings. The minimum Gasteiger partial charge on any atom is -0.449 e. The third-order valence-electron chi connectivity index (χ3n) is 8.67. The van der Waals surface area contributed by atoms with Gasteiger partial charge < -0.3 is 24.7 Å². The number of aromatic nitrogens is 1. The molecule has 0 radical (unpaired) electrons. The summed E-state index contributed by atoms with van der Waals surface area (Å²) in [5.41, 5.74) is 1.12. The van der Waals surface area contributed by atoms with Crippen LogP contribution in [-0.2, 0) is 14.3 Å². The van der Waals surface area contributed by atoms with Crippen LogP contribution in [0.2, 0.25) is 0 Å². The lowest BCUT2D eigenvalue weighted by atomic mass is 9.71. The van der Waals surface area contributed by atoms with Gasteiger partial charge in [-0.3, -0.25) is 9.59 Å². The number of aliphatic hydroxyl groups is 2. The highest BCUT2D eigenvalue weighted by molar-refractivity contribution is 5.88. The second-order valence-electron chi connectivity index (χ2n) is 12.7. The molecule has 3 rings (SSSR count). The highest BCUT2D eigenvalue weighted by Crippen LogP contribution is 2.44. The molecule has 1 aromatic rings. The van der Waals surface area contributed by atoms with Gasteiger partial charge >= 0.3 is 0 Å². The fourth-order valence-corrected chi connectivity index (χ4v) is 5.59. The third kappa shape index (κ3) is 7.89. The summed E-state index contributed by atoms with van der Waals surface area (Å²) in [6.45, 7) is 15.1. The Morgan fingerprint density at radius 1 is 1.21 bits per heavy atom. The topological polar surface area (TPSA) is 125 Å². The molecule has 1 amide bonds. The van der Waals surface area contributed by atoms with Gasteiger partial charge in [-0.15, -0.1) is 0 Å². The third-order valence-corrected chi connectivity index (χ3v) is 8.67. The number of rotatable bonds is 4. The number of Topliss-reactive ketones (excluding diaryl/α,β-unsaturated/α-hetero) is 1. The number of ketones is 1. The van der Waals surface area contributed by atoms with Crippen LogP contribution >= 0.6 is 0 Å². The zero-order chi connectivity index (χ0) is 29.1. The van der Waals surface area contributed by atoms with Crippen LogP contribution in [0.25, 0.3) is 6.08 Å². The first kappa shape index (κ1) is 31.2. The van der Waals surface area contributed by atoms with Crippen molar-refractivity contribution in [1.29, 1.82) is 0 Å². The number of allylic oxidation sites excluding steroid dienone is 2. The molecule has 0 bridgehead atoms. The first-order chi connectivity index (χ1) is 18.1. The van der Waals surface area contributed by atoms with Crippen molar-refractivity contribution in [2.24, 2.45) is 17.3 Å². The number of nitrogens with zero attached hydrogens (tertiary/aromatic N) is 1. The lowest BCUT2D eigenvalue weighted by Crippen LogP contribution is -2.48. The molecule has 8 nitrogen and oxygen atoms in total. The highest BCUT2D eigenvalue weighted by atomic mass is 16.6. The van der Waals surface area contributed by atoms with E-state index in [-0.39, 0.29) is 41.8 Å². The molecular formula is C31H48N2O6. The van der Waals surface area contributed by atoms with Gasteiger partial charge in [-0.05, 0) is 64.5 Å². The summed E-state index contributed by atoms with van der Waals surface area (Å²) >= 11 is 0. The van der Waals surface area contributed by atoms with E-state index in [0.717, 1.165) is 30.4 Å². The van der Waals surface area contributed by atoms with E-state index in [1.807, 2.05) is 39.8 Å². The van der Waals surface area contributed by atoms with E-state index in [9.17, 15) is 19.8 Å². The largest absolute Gasteiger partial charge is 0.449 e. The Morgan fingerprint density at radius 2 is 1.90 bits per heavy atom. The lowest BCUT2D eigenvalue weighted by molar-refractivity contribution is -0.143. The maximum absolute atomic E-state index is 13.8. The van der Waals surface area contributed by atoms with Crippen molar-refractivity contribution >= 4 is 17.8 Å². The molecule has 1 aromatic heterocycles. The van der Waals surface area contributed by atoms with Crippen LogP contribution in [0.1, 0.15) is 98.6 Å². The average molecular weight is 545 g/mol. The predicted octanol–water partition coefficient (Wildman–Crippen LogP) is 4.92. The maximum Gasteiger partial charge on any atom is 0.223 e. The number of aliphatic hydroxyl groups excluding tert-OH is 2. The van der Waals surface area contributed by atoms with Crippen LogP contribution in [0, 0.1) is 24.2 Å². The lowest BCUT2D eigenvalue weighted by Gasteiger charge is -2.36. The number of ether oxygens (including phenoxy) is 1. The van der Waals surface area contributed by atoms with Gasteiger partial charge in [0.2, 0.25) is 5.91 Å². The van der Waals surface area contributed by atoms with E-state index in [2.05, 4.69) is 17.2 Å². The number of hydrogen-bond acceptors (Lipinski definition) is 7. The van der Waals surface area contributed by atoms with Gasteiger partial charge in [0, 0.05) is 19.3 Å². The first-order valence-corrected chi connectivity index (χ1v) is 14.3. The number of carbonyl (C=O) groups is 2. The van der Waals surface area contributed by atoms with Crippen LogP contribution < -0.4 is 5.32 Å². The number of oxazole rings is 1. The summed E-state index contributed by atoms with van der Waals surface area (Å²) in [7, 11) is 0. The molecule has 2 aliphatic heterocycles. The number of fused-ring (bicyclic) bond motifs is 1. The van der Waals surface area contributed by atoms with Gasteiger partial charge in [0.05, 0.1) is 41.8 Å². The highest BCUT2D eigenvalue weighted by Gasteiger charge is 2.52. The fraction of sp³-hybridized carbons (Fsp3) is 0.710. The molecule has 2 fully saturated rings. The van der Waals surface area contributed by atoms with Gasteiger partial charge in [-0.2, -0.15) is 0 Å². The zero-order valence-electron chi connectivity index (χ0n) is 24.9. The van der Waals surface area contributed by atoms with Crippen LogP contribution in [0.3, 0.4) is 0 Å². The predicted molar refractivity (Wildman–Crippen MR) is 151 cm³/mol. The Balaban J connectivity index is 1.90. The van der Waals surface area contributed by atoms with E-state index in [4.69, 9.17) is 9.15 Å². The van der Waals surface area contributed by atoms with Crippen LogP contribution in [0.4, 0.5) is 0 Å². The molecule has 0 spiro atoms. The first-order valence-electron chi connectivity index (χ1n) is 14.3. The van der Waals surface area contributed by atoms with Crippen molar-refractivity contribution in [2.45, 2.75) is 124 Å².